The fourth-order valence-electron chi connectivity index (χ4n) is 5.66. The maximum Gasteiger partial charge on any atom is 0.103 e. The molecule has 2 aromatic carbocycles. The third kappa shape index (κ3) is 7.80. The number of rotatable bonds is 9. The minimum atomic E-state index is -0.363. The van der Waals surface area contributed by atoms with Gasteiger partial charge in [-0.2, -0.15) is 5.26 Å². The summed E-state index contributed by atoms with van der Waals surface area (Å²) < 4.78 is 0. The largest absolute Gasteiger partial charge is 0.373 e. The van der Waals surface area contributed by atoms with Crippen LogP contribution in [0.15, 0.2) is 89.9 Å². The van der Waals surface area contributed by atoms with Crippen LogP contribution in [0.2, 0.25) is 10.0 Å². The number of benzene rings is 2. The van der Waals surface area contributed by atoms with Crippen LogP contribution >= 0.6 is 34.8 Å². The third-order valence-corrected chi connectivity index (χ3v) is 9.18. The van der Waals surface area contributed by atoms with Gasteiger partial charge in [-0.3, -0.25) is 14.9 Å². The molecule has 3 aromatic rings. The molecule has 2 aliphatic heterocycles. The number of hydrogen-bond acceptors (Lipinski definition) is 8. The summed E-state index contributed by atoms with van der Waals surface area (Å²) in [5, 5.41) is 21.5. The van der Waals surface area contributed by atoms with Crippen molar-refractivity contribution in [1.82, 2.24) is 25.9 Å². The van der Waals surface area contributed by atoms with Crippen molar-refractivity contribution >= 4 is 62.8 Å². The second kappa shape index (κ2) is 14.4. The lowest BCUT2D eigenvalue weighted by atomic mass is 9.98. The topological polar surface area (TPSA) is 91.3 Å². The Balaban J connectivity index is 1.48. The molecule has 1 fully saturated rings. The number of halogens is 3. The molecule has 5 rings (SSSR count). The van der Waals surface area contributed by atoms with E-state index < -0.39 is 0 Å². The standard InChI is InChI=1S/C35H39Cl3N8/c1-6-24(36)8-7-22(2)32(31-21-46(44-43-31)28-13-15-45(16-14-28)35(3,4)5)42-27-17-29-33(41-26-11-9-25(37)10-12-26)23(19-39)20-40-34(29)30(38)18-27/h6-12,17-18,20-21,28,32,42-44H,2,13-16H2,1,3-5H3,(H,40,41)/b8-7-,24-6+/t32-/m0/s1. The molecule has 3 heterocycles. The molecule has 0 radical (unpaired) electrons. The molecular formula is C35H39Cl3N8. The molecule has 0 saturated carbocycles. The van der Waals surface area contributed by atoms with Gasteiger partial charge in [0.25, 0.3) is 0 Å². The van der Waals surface area contributed by atoms with E-state index in [0.717, 1.165) is 48.6 Å². The molecule has 1 atom stereocenters. The van der Waals surface area contributed by atoms with Crippen LogP contribution in [-0.4, -0.2) is 45.6 Å². The number of allylic oxidation sites excluding steroid dienone is 3. The zero-order chi connectivity index (χ0) is 33.0. The number of hydrazine groups is 2. The van der Waals surface area contributed by atoms with Crippen LogP contribution in [0.1, 0.15) is 46.1 Å². The lowest BCUT2D eigenvalue weighted by Crippen LogP contribution is -2.52. The lowest BCUT2D eigenvalue weighted by molar-refractivity contribution is 0.0570. The van der Waals surface area contributed by atoms with Gasteiger partial charge in [-0.25, -0.2) is 0 Å². The number of nitriles is 1. The van der Waals surface area contributed by atoms with Crippen LogP contribution in [0.4, 0.5) is 17.1 Å². The van der Waals surface area contributed by atoms with Gasteiger partial charge in [0.05, 0.1) is 33.5 Å². The van der Waals surface area contributed by atoms with E-state index in [1.165, 1.54) is 6.20 Å². The van der Waals surface area contributed by atoms with Gasteiger partial charge in [0.15, 0.2) is 0 Å². The van der Waals surface area contributed by atoms with E-state index in [9.17, 15) is 5.26 Å². The summed E-state index contributed by atoms with van der Waals surface area (Å²) in [6.45, 7) is 15.1. The van der Waals surface area contributed by atoms with Crippen LogP contribution in [0.3, 0.4) is 0 Å². The molecule has 0 amide bonds. The van der Waals surface area contributed by atoms with Crippen molar-refractivity contribution in [3.8, 4) is 6.07 Å². The zero-order valence-corrected chi connectivity index (χ0v) is 28.7. The Bertz CT molecular complexity index is 1730. The Labute approximate surface area is 286 Å². The summed E-state index contributed by atoms with van der Waals surface area (Å²) in [4.78, 5) is 7.04. The maximum atomic E-state index is 9.95. The maximum absolute atomic E-state index is 9.95. The van der Waals surface area contributed by atoms with Crippen LogP contribution in [0, 0.1) is 11.3 Å². The molecule has 1 aromatic heterocycles. The highest BCUT2D eigenvalue weighted by molar-refractivity contribution is 6.36. The van der Waals surface area contributed by atoms with E-state index in [-0.39, 0.29) is 11.6 Å². The first-order valence-electron chi connectivity index (χ1n) is 15.2. The highest BCUT2D eigenvalue weighted by atomic mass is 35.5. The molecule has 240 valence electrons. The monoisotopic (exact) mass is 676 g/mol. The van der Waals surface area contributed by atoms with Gasteiger partial charge in [0.1, 0.15) is 6.07 Å². The van der Waals surface area contributed by atoms with E-state index >= 15 is 0 Å². The number of pyridine rings is 1. The van der Waals surface area contributed by atoms with E-state index in [0.29, 0.717) is 43.3 Å². The van der Waals surface area contributed by atoms with Crippen molar-refractivity contribution in [3.05, 3.63) is 106 Å². The Morgan fingerprint density at radius 2 is 1.85 bits per heavy atom. The summed E-state index contributed by atoms with van der Waals surface area (Å²) in [7, 11) is 0. The smallest absolute Gasteiger partial charge is 0.103 e. The first-order chi connectivity index (χ1) is 22.0. The summed E-state index contributed by atoms with van der Waals surface area (Å²) in [6.07, 6.45) is 11.3. The number of hydrogen-bond donors (Lipinski definition) is 4. The van der Waals surface area contributed by atoms with Gasteiger partial charge in [-0.15, -0.1) is 5.53 Å². The van der Waals surface area contributed by atoms with Gasteiger partial charge >= 0.3 is 0 Å². The van der Waals surface area contributed by atoms with Gasteiger partial charge < -0.3 is 16.1 Å². The Kier molecular flexibility index (Phi) is 10.5. The van der Waals surface area contributed by atoms with Crippen molar-refractivity contribution in [1.29, 1.82) is 5.26 Å². The Morgan fingerprint density at radius 3 is 2.50 bits per heavy atom. The number of piperidine rings is 1. The van der Waals surface area contributed by atoms with Crippen LogP contribution < -0.4 is 21.6 Å². The molecular weight excluding hydrogens is 639 g/mol. The Morgan fingerprint density at radius 1 is 1.13 bits per heavy atom. The van der Waals surface area contributed by atoms with E-state index in [2.05, 4.69) is 76.1 Å². The lowest BCUT2D eigenvalue weighted by Gasteiger charge is -2.42. The Hall–Kier alpha value is -3.71. The second-order valence-corrected chi connectivity index (χ2v) is 13.7. The van der Waals surface area contributed by atoms with Crippen molar-refractivity contribution in [2.24, 2.45) is 0 Å². The molecule has 1 saturated heterocycles. The number of nitrogens with zero attached hydrogens (tertiary/aromatic N) is 4. The molecule has 11 heteroatoms. The van der Waals surface area contributed by atoms with Crippen LogP contribution in [-0.2, 0) is 0 Å². The van der Waals surface area contributed by atoms with Gasteiger partial charge in [0.2, 0.25) is 0 Å². The van der Waals surface area contributed by atoms with E-state index in [1.54, 1.807) is 12.1 Å². The van der Waals surface area contributed by atoms with E-state index in [1.807, 2.05) is 49.4 Å². The van der Waals surface area contributed by atoms with Crippen LogP contribution in [0.5, 0.6) is 0 Å². The molecule has 0 bridgehead atoms. The van der Waals surface area contributed by atoms with Crippen molar-refractivity contribution in [3.63, 3.8) is 0 Å². The highest BCUT2D eigenvalue weighted by Crippen LogP contribution is 2.36. The summed E-state index contributed by atoms with van der Waals surface area (Å²) in [5.74, 6) is 0. The molecule has 0 aliphatic carbocycles. The number of nitrogens with one attached hydrogen (secondary N) is 4. The molecule has 2 aliphatic rings. The molecule has 46 heavy (non-hydrogen) atoms. The predicted molar refractivity (Wildman–Crippen MR) is 192 cm³/mol. The number of likely N-dealkylation sites (tertiary alicyclic amines) is 1. The number of fused-ring (bicyclic) bond motifs is 1. The average molecular weight is 678 g/mol. The van der Waals surface area contributed by atoms with Crippen molar-refractivity contribution < 1.29 is 0 Å². The third-order valence-electron chi connectivity index (χ3n) is 8.30. The quantitative estimate of drug-likeness (QED) is 0.167. The molecule has 0 spiro atoms. The molecule has 8 nitrogen and oxygen atoms in total. The average Bonchev–Trinajstić information content (AvgIpc) is 3.53. The molecule has 4 N–H and O–H groups in total. The number of anilines is 3. The minimum absolute atomic E-state index is 0.158. The SMILES string of the molecule is C=C(/C=C\C(Cl)=C/C)[C@H](Nc1cc(Cl)c2ncc(C#N)c(Nc3ccc(Cl)cc3)c2c1)C1=CN(C2CCN(C(C)(C)C)CC2)NN1. The van der Waals surface area contributed by atoms with E-state index in [4.69, 9.17) is 34.8 Å². The molecule has 0 unspecified atom stereocenters. The van der Waals surface area contributed by atoms with Gasteiger partial charge in [-0.05, 0) is 88.6 Å². The second-order valence-electron chi connectivity index (χ2n) is 12.4. The van der Waals surface area contributed by atoms with Crippen molar-refractivity contribution in [2.45, 2.75) is 58.2 Å². The first kappa shape index (κ1) is 33.6. The fourth-order valence-corrected chi connectivity index (χ4v) is 6.11. The first-order valence-corrected chi connectivity index (χ1v) is 16.4. The van der Waals surface area contributed by atoms with Crippen LogP contribution in [0.25, 0.3) is 10.9 Å². The van der Waals surface area contributed by atoms with Crippen molar-refractivity contribution in [2.75, 3.05) is 23.7 Å². The van der Waals surface area contributed by atoms with Gasteiger partial charge in [0, 0.05) is 63.9 Å². The summed E-state index contributed by atoms with van der Waals surface area (Å²) >= 11 is 19.2. The summed E-state index contributed by atoms with van der Waals surface area (Å²) in [5.41, 5.74) is 11.6. The predicted octanol–water partition coefficient (Wildman–Crippen LogP) is 8.62. The minimum Gasteiger partial charge on any atom is -0.373 e. The summed E-state index contributed by atoms with van der Waals surface area (Å²) in [6, 6.07) is 13.3. The van der Waals surface area contributed by atoms with Gasteiger partial charge in [-0.1, -0.05) is 53.5 Å². The highest BCUT2D eigenvalue weighted by Gasteiger charge is 2.32. The normalized spacial score (nSPS) is 17.1. The zero-order valence-electron chi connectivity index (χ0n) is 26.5. The fraction of sp³-hybridized carbons (Fsp3) is 0.314. The number of aromatic nitrogens is 1.